The molecule has 0 aliphatic carbocycles. The number of carboxylic acid groups (broad SMARTS) is 1. The fraction of sp³-hybridized carbons (Fsp3) is 0.250. The number of rotatable bonds is 11. The third-order valence-electron chi connectivity index (χ3n) is 5.49. The molecular formula is C24H26FIN6O5. The molecule has 1 heterocycles. The number of nitrogens with zero attached hydrogens (tertiary/aromatic N) is 1. The number of aromatic amines is 1. The number of aliphatic imine (C=N–C) groups is 1. The van der Waals surface area contributed by atoms with Crippen LogP contribution >= 0.6 is 22.6 Å². The minimum absolute atomic E-state index is 0.00276. The summed E-state index contributed by atoms with van der Waals surface area (Å²) < 4.78 is 14.6. The lowest BCUT2D eigenvalue weighted by Crippen LogP contribution is -2.52. The predicted molar refractivity (Wildman–Crippen MR) is 144 cm³/mol. The topological polar surface area (TPSA) is 196 Å². The number of phenolic OH excluding ortho intramolecular Hbond substituents is 1. The number of hydrogen-bond donors (Lipinski definition) is 7. The minimum Gasteiger partial charge on any atom is -0.507 e. The van der Waals surface area contributed by atoms with E-state index >= 15 is 0 Å². The van der Waals surface area contributed by atoms with Crippen LogP contribution in [0.15, 0.2) is 47.5 Å². The largest absolute Gasteiger partial charge is 0.507 e. The van der Waals surface area contributed by atoms with Crippen LogP contribution in [0.2, 0.25) is 0 Å². The maximum Gasteiger partial charge on any atom is 0.326 e. The number of aromatic hydroxyl groups is 1. The Labute approximate surface area is 224 Å². The van der Waals surface area contributed by atoms with Gasteiger partial charge < -0.3 is 37.3 Å². The van der Waals surface area contributed by atoms with Crippen LogP contribution in [-0.2, 0) is 16.0 Å². The number of nitrogens with two attached hydrogens (primary N) is 2. The lowest BCUT2D eigenvalue weighted by molar-refractivity contribution is -0.142. The lowest BCUT2D eigenvalue weighted by Gasteiger charge is -2.21. The Hall–Kier alpha value is -3.88. The van der Waals surface area contributed by atoms with Crippen LogP contribution in [0.4, 0.5) is 4.39 Å². The number of amides is 2. The van der Waals surface area contributed by atoms with Crippen LogP contribution in [-0.4, -0.2) is 57.6 Å². The molecule has 0 fully saturated rings. The smallest absolute Gasteiger partial charge is 0.326 e. The normalized spacial score (nSPS) is 12.5. The highest BCUT2D eigenvalue weighted by molar-refractivity contribution is 14.1. The maximum absolute atomic E-state index is 14.1. The predicted octanol–water partition coefficient (Wildman–Crippen LogP) is 1.58. The molecular weight excluding hydrogens is 598 g/mol. The molecule has 0 bridgehead atoms. The number of fused-ring (bicyclic) bond motifs is 1. The van der Waals surface area contributed by atoms with E-state index in [2.05, 4.69) is 20.6 Å². The number of nitrogens with one attached hydrogen (secondary N) is 3. The zero-order valence-electron chi connectivity index (χ0n) is 19.5. The number of phenols is 1. The second kappa shape index (κ2) is 12.4. The van der Waals surface area contributed by atoms with E-state index in [9.17, 15) is 29.0 Å². The minimum atomic E-state index is -1.26. The van der Waals surface area contributed by atoms with Crippen LogP contribution in [0.1, 0.15) is 28.9 Å². The van der Waals surface area contributed by atoms with Gasteiger partial charge >= 0.3 is 5.97 Å². The molecule has 2 aromatic carbocycles. The van der Waals surface area contributed by atoms with Crippen molar-refractivity contribution in [1.82, 2.24) is 15.6 Å². The van der Waals surface area contributed by atoms with Gasteiger partial charge in [-0.25, -0.2) is 9.18 Å². The fourth-order valence-electron chi connectivity index (χ4n) is 3.63. The first-order chi connectivity index (χ1) is 17.5. The summed E-state index contributed by atoms with van der Waals surface area (Å²) in [4.78, 5) is 44.5. The molecule has 0 saturated heterocycles. The van der Waals surface area contributed by atoms with Crippen LogP contribution in [0.25, 0.3) is 10.9 Å². The molecule has 3 aromatic rings. The third kappa shape index (κ3) is 7.55. The molecule has 0 aliphatic heterocycles. The van der Waals surface area contributed by atoms with Crippen LogP contribution in [0.5, 0.6) is 5.75 Å². The summed E-state index contributed by atoms with van der Waals surface area (Å²) in [6, 6.07) is 7.97. The quantitative estimate of drug-likeness (QED) is 0.0728. The summed E-state index contributed by atoms with van der Waals surface area (Å²) in [5, 5.41) is 24.7. The van der Waals surface area contributed by atoms with Gasteiger partial charge in [0.1, 0.15) is 29.3 Å². The number of aromatic nitrogens is 1. The van der Waals surface area contributed by atoms with Gasteiger partial charge in [-0.1, -0.05) is 12.1 Å². The first-order valence-electron chi connectivity index (χ1n) is 11.2. The van der Waals surface area contributed by atoms with E-state index in [1.165, 1.54) is 24.3 Å². The van der Waals surface area contributed by atoms with Crippen molar-refractivity contribution in [3.05, 3.63) is 63.1 Å². The molecule has 3 rings (SSSR count). The van der Waals surface area contributed by atoms with Crippen molar-refractivity contribution in [3.63, 3.8) is 0 Å². The van der Waals surface area contributed by atoms with Gasteiger partial charge in [-0.2, -0.15) is 0 Å². The van der Waals surface area contributed by atoms with Crippen molar-refractivity contribution in [2.45, 2.75) is 31.3 Å². The Morgan fingerprint density at radius 2 is 1.86 bits per heavy atom. The van der Waals surface area contributed by atoms with Crippen molar-refractivity contribution in [1.29, 1.82) is 0 Å². The van der Waals surface area contributed by atoms with E-state index in [1.54, 1.807) is 18.2 Å². The van der Waals surface area contributed by atoms with Crippen LogP contribution in [0, 0.1) is 9.39 Å². The molecule has 1 aromatic heterocycles. The van der Waals surface area contributed by atoms with E-state index in [-0.39, 0.29) is 42.2 Å². The van der Waals surface area contributed by atoms with Gasteiger partial charge in [-0.15, -0.1) is 0 Å². The lowest BCUT2D eigenvalue weighted by atomic mass is 10.0. The van der Waals surface area contributed by atoms with Crippen LogP contribution < -0.4 is 22.1 Å². The van der Waals surface area contributed by atoms with Gasteiger partial charge in [0.15, 0.2) is 5.96 Å². The fourth-order valence-corrected chi connectivity index (χ4v) is 4.21. The highest BCUT2D eigenvalue weighted by atomic mass is 127. The van der Waals surface area contributed by atoms with Crippen molar-refractivity contribution in [2.75, 3.05) is 6.54 Å². The summed E-state index contributed by atoms with van der Waals surface area (Å²) in [6.07, 6.45) is 0.350. The molecule has 2 atom stereocenters. The number of hydrogen-bond acceptors (Lipinski definition) is 5. The molecule has 0 unspecified atom stereocenters. The van der Waals surface area contributed by atoms with Crippen molar-refractivity contribution in [3.8, 4) is 5.75 Å². The molecule has 11 nitrogen and oxygen atoms in total. The first kappa shape index (κ1) is 27.7. The number of H-pyrrole nitrogens is 1. The van der Waals surface area contributed by atoms with Gasteiger partial charge in [-0.3, -0.25) is 14.6 Å². The number of aliphatic carboxylic acids is 1. The molecule has 0 spiro atoms. The molecule has 0 aliphatic rings. The van der Waals surface area contributed by atoms with E-state index in [0.717, 1.165) is 0 Å². The van der Waals surface area contributed by atoms with Gasteiger partial charge in [0.25, 0.3) is 5.91 Å². The SMILES string of the molecule is NC(N)=NCCC[C@@H](NC(=O)[C@@H](Cc1ccc(O)c(I)c1)NC(=O)c1cc2c(F)cccc2[nH]1)C(=O)O. The number of carbonyl (C=O) groups excluding carboxylic acids is 2. The summed E-state index contributed by atoms with van der Waals surface area (Å²) in [5.74, 6) is -3.24. The highest BCUT2D eigenvalue weighted by Crippen LogP contribution is 2.22. The number of guanidine groups is 1. The van der Waals surface area contributed by atoms with Crippen molar-refractivity contribution in [2.24, 2.45) is 16.5 Å². The maximum atomic E-state index is 14.1. The Bertz CT molecular complexity index is 1340. The summed E-state index contributed by atoms with van der Waals surface area (Å²) in [7, 11) is 0. The number of carboxylic acids is 1. The first-order valence-corrected chi connectivity index (χ1v) is 12.3. The monoisotopic (exact) mass is 624 g/mol. The second-order valence-electron chi connectivity index (χ2n) is 8.25. The second-order valence-corrected chi connectivity index (χ2v) is 9.41. The Morgan fingerprint density at radius 3 is 2.51 bits per heavy atom. The molecule has 13 heteroatoms. The van der Waals surface area contributed by atoms with Gasteiger partial charge in [-0.05, 0) is 71.3 Å². The van der Waals surface area contributed by atoms with Gasteiger partial charge in [0, 0.05) is 23.9 Å². The standard InChI is InChI=1S/C24H26FIN6O5/c25-14-3-1-4-16-13(14)11-19(30-16)22(35)32-18(10-12-6-7-20(33)15(26)9-12)21(34)31-17(23(36)37)5-2-8-29-24(27)28/h1,3-4,6-7,9,11,17-18,30,33H,2,5,8,10H2,(H,31,34)(H,32,35)(H,36,37)(H4,27,28,29)/t17-,18-/m1/s1. The third-order valence-corrected chi connectivity index (χ3v) is 6.35. The van der Waals surface area contributed by atoms with E-state index in [0.29, 0.717) is 21.1 Å². The Balaban J connectivity index is 1.81. The van der Waals surface area contributed by atoms with Crippen LogP contribution in [0.3, 0.4) is 0 Å². The van der Waals surface area contributed by atoms with E-state index < -0.39 is 35.7 Å². The molecule has 0 saturated carbocycles. The zero-order valence-corrected chi connectivity index (χ0v) is 21.7. The summed E-state index contributed by atoms with van der Waals surface area (Å²) in [6.45, 7) is 0.186. The number of halogens is 2. The van der Waals surface area contributed by atoms with E-state index in [1.807, 2.05) is 22.6 Å². The van der Waals surface area contributed by atoms with E-state index in [4.69, 9.17) is 11.5 Å². The van der Waals surface area contributed by atoms with Gasteiger partial charge in [0.2, 0.25) is 5.91 Å². The van der Waals surface area contributed by atoms with Gasteiger partial charge in [0.05, 0.1) is 3.57 Å². The number of carbonyl (C=O) groups is 3. The Kier molecular flexibility index (Phi) is 9.27. The number of benzene rings is 2. The highest BCUT2D eigenvalue weighted by Gasteiger charge is 2.27. The molecule has 9 N–H and O–H groups in total. The summed E-state index contributed by atoms with van der Waals surface area (Å²) in [5.41, 5.74) is 11.6. The average molecular weight is 624 g/mol. The zero-order chi connectivity index (χ0) is 27.1. The Morgan fingerprint density at radius 1 is 1.11 bits per heavy atom. The summed E-state index contributed by atoms with van der Waals surface area (Å²) >= 11 is 1.93. The molecule has 2 amide bonds. The molecule has 37 heavy (non-hydrogen) atoms. The molecule has 196 valence electrons. The van der Waals surface area contributed by atoms with Crippen molar-refractivity contribution >= 4 is 57.2 Å². The van der Waals surface area contributed by atoms with Crippen molar-refractivity contribution < 1.29 is 29.0 Å². The average Bonchev–Trinajstić information content (AvgIpc) is 3.28. The molecule has 0 radical (unpaired) electrons.